The predicted octanol–water partition coefficient (Wildman–Crippen LogP) is 0.942. The summed E-state index contributed by atoms with van der Waals surface area (Å²) in [7, 11) is 0. The van der Waals surface area contributed by atoms with E-state index in [0.29, 0.717) is 18.8 Å². The Balaban J connectivity index is 1.90. The molecule has 2 atom stereocenters. The van der Waals surface area contributed by atoms with Gasteiger partial charge in [0.2, 0.25) is 0 Å². The van der Waals surface area contributed by atoms with Crippen molar-refractivity contribution in [2.45, 2.75) is 38.3 Å². The predicted molar refractivity (Wildman–Crippen MR) is 70.8 cm³/mol. The lowest BCUT2D eigenvalue weighted by Crippen LogP contribution is -2.41. The Bertz CT molecular complexity index is 408. The zero-order valence-corrected chi connectivity index (χ0v) is 11.3. The standard InChI is InChI=1S/C12H19N3O2S/c1-8-6-9(3-5-17-8)14-12(16)10-7-18-11(15-10)2-4-13/h7-9H,2-6,13H2,1H3,(H,14,16). The molecule has 2 unspecified atom stereocenters. The smallest absolute Gasteiger partial charge is 0.270 e. The topological polar surface area (TPSA) is 77.2 Å². The Hall–Kier alpha value is -0.980. The molecular formula is C12H19N3O2S. The van der Waals surface area contributed by atoms with Crippen LogP contribution in [0.3, 0.4) is 0 Å². The lowest BCUT2D eigenvalue weighted by atomic mass is 10.0. The van der Waals surface area contributed by atoms with Crippen molar-refractivity contribution in [1.82, 2.24) is 10.3 Å². The first-order chi connectivity index (χ1) is 8.69. The number of rotatable bonds is 4. The average molecular weight is 269 g/mol. The summed E-state index contributed by atoms with van der Waals surface area (Å²) < 4.78 is 5.45. The van der Waals surface area contributed by atoms with E-state index in [1.807, 2.05) is 6.92 Å². The van der Waals surface area contributed by atoms with Gasteiger partial charge in [-0.25, -0.2) is 4.98 Å². The van der Waals surface area contributed by atoms with Crippen LogP contribution in [0.2, 0.25) is 0 Å². The van der Waals surface area contributed by atoms with Crippen molar-refractivity contribution in [3.05, 3.63) is 16.1 Å². The highest BCUT2D eigenvalue weighted by atomic mass is 32.1. The number of carbonyl (C=O) groups is 1. The molecule has 6 heteroatoms. The number of thiazole rings is 1. The van der Waals surface area contributed by atoms with Crippen LogP contribution >= 0.6 is 11.3 Å². The molecule has 100 valence electrons. The fourth-order valence-corrected chi connectivity index (χ4v) is 2.84. The number of nitrogens with one attached hydrogen (secondary N) is 1. The van der Waals surface area contributed by atoms with Gasteiger partial charge in [0, 0.05) is 24.4 Å². The molecular weight excluding hydrogens is 250 g/mol. The second-order valence-electron chi connectivity index (χ2n) is 4.54. The molecule has 3 N–H and O–H groups in total. The summed E-state index contributed by atoms with van der Waals surface area (Å²) in [4.78, 5) is 16.3. The number of nitrogens with zero attached hydrogens (tertiary/aromatic N) is 1. The van der Waals surface area contributed by atoms with E-state index in [2.05, 4.69) is 10.3 Å². The van der Waals surface area contributed by atoms with E-state index in [1.165, 1.54) is 11.3 Å². The van der Waals surface area contributed by atoms with Gasteiger partial charge < -0.3 is 15.8 Å². The maximum atomic E-state index is 12.0. The molecule has 1 fully saturated rings. The van der Waals surface area contributed by atoms with Crippen LogP contribution in [0.4, 0.5) is 0 Å². The van der Waals surface area contributed by atoms with Crippen molar-refractivity contribution in [2.24, 2.45) is 5.73 Å². The molecule has 0 saturated carbocycles. The maximum absolute atomic E-state index is 12.0. The minimum absolute atomic E-state index is 0.0892. The average Bonchev–Trinajstić information content (AvgIpc) is 2.78. The van der Waals surface area contributed by atoms with Crippen LogP contribution in [-0.2, 0) is 11.2 Å². The molecule has 2 heterocycles. The number of hydrogen-bond acceptors (Lipinski definition) is 5. The summed E-state index contributed by atoms with van der Waals surface area (Å²) in [6.07, 6.45) is 2.68. The molecule has 1 aliphatic rings. The van der Waals surface area contributed by atoms with Crippen LogP contribution in [-0.4, -0.2) is 36.2 Å². The molecule has 2 rings (SSSR count). The molecule has 0 aliphatic carbocycles. The normalized spacial score (nSPS) is 23.9. The van der Waals surface area contributed by atoms with E-state index in [1.54, 1.807) is 5.38 Å². The number of aromatic nitrogens is 1. The summed E-state index contributed by atoms with van der Waals surface area (Å²) >= 11 is 1.49. The fourth-order valence-electron chi connectivity index (χ4n) is 2.04. The highest BCUT2D eigenvalue weighted by Gasteiger charge is 2.22. The Kier molecular flexibility index (Phi) is 4.68. The molecule has 1 aromatic heterocycles. The van der Waals surface area contributed by atoms with Gasteiger partial charge in [0.05, 0.1) is 11.1 Å². The summed E-state index contributed by atoms with van der Waals surface area (Å²) in [5, 5.41) is 5.73. The van der Waals surface area contributed by atoms with Crippen molar-refractivity contribution >= 4 is 17.2 Å². The van der Waals surface area contributed by atoms with Gasteiger partial charge in [-0.05, 0) is 26.3 Å². The van der Waals surface area contributed by atoms with Crippen LogP contribution in [0.25, 0.3) is 0 Å². The van der Waals surface area contributed by atoms with Gasteiger partial charge in [-0.3, -0.25) is 4.79 Å². The van der Waals surface area contributed by atoms with Gasteiger partial charge in [0.1, 0.15) is 5.69 Å². The molecule has 1 saturated heterocycles. The number of hydrogen-bond donors (Lipinski definition) is 2. The molecule has 0 spiro atoms. The Morgan fingerprint density at radius 1 is 1.72 bits per heavy atom. The Morgan fingerprint density at radius 2 is 2.56 bits per heavy atom. The van der Waals surface area contributed by atoms with Crippen molar-refractivity contribution in [3.63, 3.8) is 0 Å². The second kappa shape index (κ2) is 6.26. The SMILES string of the molecule is CC1CC(NC(=O)c2csc(CCN)n2)CCO1. The van der Waals surface area contributed by atoms with Crippen LogP contribution in [0, 0.1) is 0 Å². The third-order valence-electron chi connectivity index (χ3n) is 2.96. The van der Waals surface area contributed by atoms with Crippen LogP contribution < -0.4 is 11.1 Å². The number of ether oxygens (including phenoxy) is 1. The van der Waals surface area contributed by atoms with Gasteiger partial charge >= 0.3 is 0 Å². The summed E-state index contributed by atoms with van der Waals surface area (Å²) in [5.74, 6) is -0.0892. The first-order valence-electron chi connectivity index (χ1n) is 6.26. The number of amides is 1. The minimum Gasteiger partial charge on any atom is -0.378 e. The van der Waals surface area contributed by atoms with Gasteiger partial charge in [0.15, 0.2) is 0 Å². The third-order valence-corrected chi connectivity index (χ3v) is 3.87. The zero-order chi connectivity index (χ0) is 13.0. The largest absolute Gasteiger partial charge is 0.378 e. The Morgan fingerprint density at radius 3 is 3.28 bits per heavy atom. The van der Waals surface area contributed by atoms with E-state index in [0.717, 1.165) is 24.3 Å². The van der Waals surface area contributed by atoms with Crippen molar-refractivity contribution < 1.29 is 9.53 Å². The van der Waals surface area contributed by atoms with Crippen LogP contribution in [0.1, 0.15) is 35.3 Å². The van der Waals surface area contributed by atoms with Gasteiger partial charge in [-0.15, -0.1) is 11.3 Å². The highest BCUT2D eigenvalue weighted by Crippen LogP contribution is 2.15. The lowest BCUT2D eigenvalue weighted by molar-refractivity contribution is 0.0136. The van der Waals surface area contributed by atoms with Gasteiger partial charge in [-0.1, -0.05) is 0 Å². The Labute approximate surface area is 111 Å². The number of nitrogens with two attached hydrogens (primary N) is 1. The number of carbonyl (C=O) groups excluding carboxylic acids is 1. The van der Waals surface area contributed by atoms with Crippen molar-refractivity contribution in [2.75, 3.05) is 13.2 Å². The van der Waals surface area contributed by atoms with E-state index in [4.69, 9.17) is 10.5 Å². The fraction of sp³-hybridized carbons (Fsp3) is 0.667. The monoisotopic (exact) mass is 269 g/mol. The maximum Gasteiger partial charge on any atom is 0.270 e. The quantitative estimate of drug-likeness (QED) is 0.853. The van der Waals surface area contributed by atoms with Gasteiger partial charge in [-0.2, -0.15) is 0 Å². The van der Waals surface area contributed by atoms with E-state index < -0.39 is 0 Å². The summed E-state index contributed by atoms with van der Waals surface area (Å²) in [5.41, 5.74) is 5.97. The van der Waals surface area contributed by atoms with Crippen LogP contribution in [0.5, 0.6) is 0 Å². The van der Waals surface area contributed by atoms with Crippen LogP contribution in [0.15, 0.2) is 5.38 Å². The molecule has 5 nitrogen and oxygen atoms in total. The summed E-state index contributed by atoms with van der Waals surface area (Å²) in [6, 6.07) is 0.195. The van der Waals surface area contributed by atoms with E-state index in [9.17, 15) is 4.79 Å². The first kappa shape index (κ1) is 13.5. The van der Waals surface area contributed by atoms with Crippen molar-refractivity contribution in [1.29, 1.82) is 0 Å². The molecule has 1 aliphatic heterocycles. The molecule has 0 radical (unpaired) electrons. The zero-order valence-electron chi connectivity index (χ0n) is 10.5. The second-order valence-corrected chi connectivity index (χ2v) is 5.48. The third kappa shape index (κ3) is 3.51. The summed E-state index contributed by atoms with van der Waals surface area (Å²) in [6.45, 7) is 3.30. The van der Waals surface area contributed by atoms with E-state index >= 15 is 0 Å². The molecule has 0 bridgehead atoms. The molecule has 1 amide bonds. The highest BCUT2D eigenvalue weighted by molar-refractivity contribution is 7.09. The molecule has 0 aromatic carbocycles. The molecule has 1 aromatic rings. The first-order valence-corrected chi connectivity index (χ1v) is 7.14. The minimum atomic E-state index is -0.0892. The molecule has 18 heavy (non-hydrogen) atoms. The van der Waals surface area contributed by atoms with Gasteiger partial charge in [0.25, 0.3) is 5.91 Å². The lowest BCUT2D eigenvalue weighted by Gasteiger charge is -2.27. The van der Waals surface area contributed by atoms with E-state index in [-0.39, 0.29) is 18.1 Å². The van der Waals surface area contributed by atoms with Crippen molar-refractivity contribution in [3.8, 4) is 0 Å².